The predicted octanol–water partition coefficient (Wildman–Crippen LogP) is 1.49. The summed E-state index contributed by atoms with van der Waals surface area (Å²) >= 11 is 0. The minimum Gasteiger partial charge on any atom is -0.338 e. The van der Waals surface area contributed by atoms with Crippen LogP contribution in [0.15, 0.2) is 24.3 Å². The molecule has 0 saturated carbocycles. The first-order valence-corrected chi connectivity index (χ1v) is 6.47. The molecule has 0 bridgehead atoms. The quantitative estimate of drug-likeness (QED) is 0.859. The molecule has 1 aromatic carbocycles. The number of likely N-dealkylation sites (N-methyl/N-ethyl adjacent to an activating group) is 1. The van der Waals surface area contributed by atoms with Gasteiger partial charge >= 0.3 is 6.03 Å². The molecule has 3 amide bonds. The largest absolute Gasteiger partial charge is 0.338 e. The molecule has 0 spiro atoms. The van der Waals surface area contributed by atoms with Crippen LogP contribution in [-0.4, -0.2) is 36.5 Å². The predicted molar refractivity (Wildman–Crippen MR) is 74.5 cm³/mol. The normalized spacial score (nSPS) is 12.1. The molecule has 0 aliphatic carbocycles. The number of hydrogen-bond acceptors (Lipinski definition) is 3. The summed E-state index contributed by atoms with van der Waals surface area (Å²) in [7, 11) is 1.77. The summed E-state index contributed by atoms with van der Waals surface area (Å²) in [6, 6.07) is 5.12. The van der Waals surface area contributed by atoms with Gasteiger partial charge in [0.2, 0.25) is 5.91 Å². The Labute approximate surface area is 118 Å². The molecular formula is C14H20FN3O2. The maximum absolute atomic E-state index is 12.8. The number of nitrogens with zero attached hydrogens (tertiary/aromatic N) is 1. The Morgan fingerprint density at radius 2 is 1.90 bits per heavy atom. The van der Waals surface area contributed by atoms with Crippen molar-refractivity contribution in [1.82, 2.24) is 15.5 Å². The lowest BCUT2D eigenvalue weighted by molar-refractivity contribution is -0.124. The first-order chi connectivity index (χ1) is 9.43. The van der Waals surface area contributed by atoms with Crippen LogP contribution in [0.3, 0.4) is 0 Å². The fourth-order valence-corrected chi connectivity index (χ4v) is 1.64. The highest BCUT2D eigenvalue weighted by atomic mass is 19.1. The van der Waals surface area contributed by atoms with Gasteiger partial charge in [0.25, 0.3) is 0 Å². The smallest absolute Gasteiger partial charge is 0.321 e. The van der Waals surface area contributed by atoms with Crippen molar-refractivity contribution in [1.29, 1.82) is 0 Å². The van der Waals surface area contributed by atoms with Gasteiger partial charge in [-0.3, -0.25) is 15.0 Å². The molecule has 2 N–H and O–H groups in total. The molecule has 110 valence electrons. The zero-order valence-corrected chi connectivity index (χ0v) is 11.9. The summed E-state index contributed by atoms with van der Waals surface area (Å²) in [5, 5.41) is 4.76. The lowest BCUT2D eigenvalue weighted by atomic mass is 10.2. The number of carbonyl (C=O) groups is 2. The molecule has 20 heavy (non-hydrogen) atoms. The van der Waals surface area contributed by atoms with Crippen LogP contribution in [0.25, 0.3) is 0 Å². The first-order valence-electron chi connectivity index (χ1n) is 6.47. The van der Waals surface area contributed by atoms with Gasteiger partial charge < -0.3 is 5.32 Å². The Bertz CT molecular complexity index is 462. The molecule has 0 saturated heterocycles. The number of benzene rings is 1. The fraction of sp³-hybridized carbons (Fsp3) is 0.429. The van der Waals surface area contributed by atoms with E-state index in [1.165, 1.54) is 12.1 Å². The highest BCUT2D eigenvalue weighted by Crippen LogP contribution is 2.08. The summed E-state index contributed by atoms with van der Waals surface area (Å²) in [4.78, 5) is 24.9. The van der Waals surface area contributed by atoms with E-state index in [0.717, 1.165) is 5.56 Å². The summed E-state index contributed by atoms with van der Waals surface area (Å²) in [6.07, 6.45) is 0. The van der Waals surface area contributed by atoms with E-state index in [2.05, 4.69) is 10.6 Å². The number of urea groups is 1. The number of halogens is 1. The number of carbonyl (C=O) groups excluding carboxylic acids is 2. The van der Waals surface area contributed by atoms with Gasteiger partial charge in [-0.2, -0.15) is 0 Å². The van der Waals surface area contributed by atoms with Crippen LogP contribution >= 0.6 is 0 Å². The van der Waals surface area contributed by atoms with Crippen molar-refractivity contribution in [3.05, 3.63) is 35.6 Å². The fourth-order valence-electron chi connectivity index (χ4n) is 1.64. The number of rotatable bonds is 5. The molecular weight excluding hydrogens is 261 g/mol. The molecule has 0 fully saturated rings. The van der Waals surface area contributed by atoms with E-state index in [-0.39, 0.29) is 11.7 Å². The van der Waals surface area contributed by atoms with Gasteiger partial charge in [-0.25, -0.2) is 9.18 Å². The standard InChI is InChI=1S/C14H20FN3O2/c1-4-16-14(20)17-13(19)10(2)18(3)9-11-5-7-12(15)8-6-11/h5-8,10H,4,9H2,1-3H3,(H2,16,17,19,20)/t10-/m1/s1. The van der Waals surface area contributed by atoms with Crippen LogP contribution < -0.4 is 10.6 Å². The SMILES string of the molecule is CCNC(=O)NC(=O)[C@@H](C)N(C)Cc1ccc(F)cc1. The van der Waals surface area contributed by atoms with Gasteiger partial charge in [0.1, 0.15) is 5.82 Å². The Balaban J connectivity index is 2.53. The molecule has 0 radical (unpaired) electrons. The third-order valence-electron chi connectivity index (χ3n) is 2.96. The number of hydrogen-bond donors (Lipinski definition) is 2. The number of amides is 3. The monoisotopic (exact) mass is 281 g/mol. The van der Waals surface area contributed by atoms with E-state index >= 15 is 0 Å². The summed E-state index contributed by atoms with van der Waals surface area (Å²) in [6.45, 7) is 4.43. The van der Waals surface area contributed by atoms with Gasteiger partial charge in [-0.05, 0) is 38.6 Å². The van der Waals surface area contributed by atoms with Crippen LogP contribution in [0.2, 0.25) is 0 Å². The van der Waals surface area contributed by atoms with Crippen LogP contribution in [0.1, 0.15) is 19.4 Å². The average Bonchev–Trinajstić information content (AvgIpc) is 2.40. The Hall–Kier alpha value is -1.95. The van der Waals surface area contributed by atoms with Crippen molar-refractivity contribution in [2.24, 2.45) is 0 Å². The molecule has 0 aromatic heterocycles. The lowest BCUT2D eigenvalue weighted by Gasteiger charge is -2.23. The Morgan fingerprint density at radius 1 is 1.30 bits per heavy atom. The van der Waals surface area contributed by atoms with E-state index in [1.807, 2.05) is 0 Å². The van der Waals surface area contributed by atoms with E-state index < -0.39 is 12.1 Å². The van der Waals surface area contributed by atoms with Crippen LogP contribution in [0.4, 0.5) is 9.18 Å². The van der Waals surface area contributed by atoms with Gasteiger partial charge in [-0.1, -0.05) is 12.1 Å². The second-order valence-corrected chi connectivity index (χ2v) is 4.57. The summed E-state index contributed by atoms with van der Waals surface area (Å²) < 4.78 is 12.8. The highest BCUT2D eigenvalue weighted by Gasteiger charge is 2.19. The van der Waals surface area contributed by atoms with Crippen LogP contribution in [-0.2, 0) is 11.3 Å². The van der Waals surface area contributed by atoms with Crippen LogP contribution in [0, 0.1) is 5.82 Å². The minimum absolute atomic E-state index is 0.293. The van der Waals surface area contributed by atoms with Crippen molar-refractivity contribution in [2.75, 3.05) is 13.6 Å². The molecule has 1 atom stereocenters. The molecule has 1 rings (SSSR count). The highest BCUT2D eigenvalue weighted by molar-refractivity contribution is 5.96. The van der Waals surface area contributed by atoms with Crippen molar-refractivity contribution < 1.29 is 14.0 Å². The Kier molecular flexibility index (Phi) is 6.11. The lowest BCUT2D eigenvalue weighted by Crippen LogP contribution is -2.48. The number of imide groups is 1. The van der Waals surface area contributed by atoms with Crippen molar-refractivity contribution in [3.63, 3.8) is 0 Å². The minimum atomic E-state index is -0.500. The zero-order chi connectivity index (χ0) is 15.1. The molecule has 0 heterocycles. The molecule has 5 nitrogen and oxygen atoms in total. The maximum atomic E-state index is 12.8. The number of nitrogens with one attached hydrogen (secondary N) is 2. The third-order valence-corrected chi connectivity index (χ3v) is 2.96. The van der Waals surface area contributed by atoms with Crippen LogP contribution in [0.5, 0.6) is 0 Å². The Morgan fingerprint density at radius 3 is 2.45 bits per heavy atom. The molecule has 1 aromatic rings. The van der Waals surface area contributed by atoms with Crippen molar-refractivity contribution in [3.8, 4) is 0 Å². The van der Waals surface area contributed by atoms with E-state index in [9.17, 15) is 14.0 Å². The van der Waals surface area contributed by atoms with Gasteiger partial charge in [-0.15, -0.1) is 0 Å². The summed E-state index contributed by atoms with van der Waals surface area (Å²) in [5.74, 6) is -0.668. The zero-order valence-electron chi connectivity index (χ0n) is 11.9. The van der Waals surface area contributed by atoms with Crippen molar-refractivity contribution >= 4 is 11.9 Å². The molecule has 6 heteroatoms. The van der Waals surface area contributed by atoms with E-state index in [1.54, 1.807) is 37.9 Å². The molecule has 0 unspecified atom stereocenters. The molecule has 0 aliphatic rings. The second kappa shape index (κ2) is 7.59. The third kappa shape index (κ3) is 4.97. The van der Waals surface area contributed by atoms with E-state index in [0.29, 0.717) is 13.1 Å². The van der Waals surface area contributed by atoms with Gasteiger partial charge in [0.05, 0.1) is 6.04 Å². The topological polar surface area (TPSA) is 61.4 Å². The van der Waals surface area contributed by atoms with Crippen molar-refractivity contribution in [2.45, 2.75) is 26.4 Å². The first kappa shape index (κ1) is 16.1. The average molecular weight is 281 g/mol. The summed E-state index contributed by atoms with van der Waals surface area (Å²) in [5.41, 5.74) is 0.895. The van der Waals surface area contributed by atoms with Gasteiger partial charge in [0.15, 0.2) is 0 Å². The maximum Gasteiger partial charge on any atom is 0.321 e. The second-order valence-electron chi connectivity index (χ2n) is 4.57. The van der Waals surface area contributed by atoms with Gasteiger partial charge in [0, 0.05) is 13.1 Å². The molecule has 0 aliphatic heterocycles. The van der Waals surface area contributed by atoms with E-state index in [4.69, 9.17) is 0 Å².